The monoisotopic (exact) mass is 311 g/mol. The Morgan fingerprint density at radius 1 is 0.722 bits per heavy atom. The Kier molecular flexibility index (Phi) is 13.0. The summed E-state index contributed by atoms with van der Waals surface area (Å²) < 4.78 is 0. The minimum atomic E-state index is -0.236. The Labute approximate surface area is 123 Å². The average Bonchev–Trinajstić information content (AvgIpc) is 2.38. The van der Waals surface area contributed by atoms with E-state index >= 15 is 0 Å². The number of hydrogen-bond acceptors (Lipinski definition) is 1. The van der Waals surface area contributed by atoms with Gasteiger partial charge in [-0.05, 0) is 0 Å². The zero-order valence-corrected chi connectivity index (χ0v) is 16.2. The molecule has 0 radical (unpaired) electrons. The Balaban J connectivity index is 3.77. The molecule has 0 aliphatic heterocycles. The standard InChI is InChI=1S/C11H24N.C5H11.Ga.H/c1-4-7-9-11(12,6-3)10-8-5-2;1-3-5-4-2;;/h3-10,12H2,1-2H3;1,3-5H2,2H3;;. The maximum atomic E-state index is 6.64. The molecule has 0 atom stereocenters. The molecule has 0 bridgehead atoms. The number of unbranched alkanes of at least 4 members (excludes halogenated alkanes) is 4. The molecule has 0 aromatic heterocycles. The molecular formula is C16H36GaN. The molecule has 18 heavy (non-hydrogen) atoms. The first-order valence-corrected chi connectivity index (χ1v) is 12.7. The van der Waals surface area contributed by atoms with Crippen molar-refractivity contribution in [1.82, 2.24) is 0 Å². The van der Waals surface area contributed by atoms with Crippen LogP contribution in [0.3, 0.4) is 0 Å². The van der Waals surface area contributed by atoms with Crippen molar-refractivity contribution >= 4 is 17.4 Å². The maximum absolute atomic E-state index is 6.64. The van der Waals surface area contributed by atoms with Gasteiger partial charge in [-0.2, -0.15) is 0 Å². The van der Waals surface area contributed by atoms with Crippen LogP contribution in [0.2, 0.25) is 9.95 Å². The molecule has 2 N–H and O–H groups in total. The summed E-state index contributed by atoms with van der Waals surface area (Å²) in [7, 11) is 0. The topological polar surface area (TPSA) is 26.0 Å². The van der Waals surface area contributed by atoms with Crippen molar-refractivity contribution in [2.45, 2.75) is 100 Å². The SMILES string of the molecule is CCCC[CH2][GaH][CH2]CC(N)(CCCC)CCCC. The fourth-order valence-corrected chi connectivity index (χ4v) is 6.92. The van der Waals surface area contributed by atoms with Gasteiger partial charge in [-0.1, -0.05) is 0 Å². The third kappa shape index (κ3) is 10.5. The molecule has 2 heteroatoms. The van der Waals surface area contributed by atoms with E-state index < -0.39 is 0 Å². The predicted octanol–water partition coefficient (Wildman–Crippen LogP) is 4.92. The zero-order chi connectivity index (χ0) is 13.7. The van der Waals surface area contributed by atoms with Crippen LogP contribution in [-0.2, 0) is 0 Å². The predicted molar refractivity (Wildman–Crippen MR) is 86.9 cm³/mol. The fraction of sp³-hybridized carbons (Fsp3) is 1.00. The molecule has 0 aliphatic rings. The van der Waals surface area contributed by atoms with Crippen LogP contribution < -0.4 is 5.73 Å². The van der Waals surface area contributed by atoms with E-state index in [2.05, 4.69) is 20.8 Å². The van der Waals surface area contributed by atoms with Crippen molar-refractivity contribution in [2.24, 2.45) is 5.73 Å². The van der Waals surface area contributed by atoms with Gasteiger partial charge in [0.15, 0.2) is 0 Å². The van der Waals surface area contributed by atoms with E-state index in [1.807, 2.05) is 0 Å². The van der Waals surface area contributed by atoms with Crippen LogP contribution in [0.25, 0.3) is 0 Å². The van der Waals surface area contributed by atoms with Crippen molar-refractivity contribution < 1.29 is 0 Å². The van der Waals surface area contributed by atoms with Crippen LogP contribution >= 0.6 is 0 Å². The van der Waals surface area contributed by atoms with E-state index in [0.717, 1.165) is 0 Å². The van der Waals surface area contributed by atoms with Gasteiger partial charge in [-0.3, -0.25) is 0 Å². The van der Waals surface area contributed by atoms with Crippen LogP contribution in [0.1, 0.15) is 85.0 Å². The van der Waals surface area contributed by atoms with Crippen LogP contribution in [0.15, 0.2) is 0 Å². The van der Waals surface area contributed by atoms with Gasteiger partial charge in [0, 0.05) is 0 Å². The summed E-state index contributed by atoms with van der Waals surface area (Å²) in [4.78, 5) is 3.12. The number of hydrogen-bond donors (Lipinski definition) is 1. The second-order valence-electron chi connectivity index (χ2n) is 6.09. The van der Waals surface area contributed by atoms with E-state index in [0.29, 0.717) is 0 Å². The van der Waals surface area contributed by atoms with E-state index in [4.69, 9.17) is 5.73 Å². The van der Waals surface area contributed by atoms with Crippen LogP contribution in [0.4, 0.5) is 0 Å². The first kappa shape index (κ1) is 18.6. The zero-order valence-electron chi connectivity index (χ0n) is 13.3. The van der Waals surface area contributed by atoms with Gasteiger partial charge in [-0.15, -0.1) is 0 Å². The summed E-state index contributed by atoms with van der Waals surface area (Å²) in [6, 6.07) is 0. The third-order valence-electron chi connectivity index (χ3n) is 4.08. The minimum absolute atomic E-state index is 0.196. The Morgan fingerprint density at radius 3 is 1.78 bits per heavy atom. The van der Waals surface area contributed by atoms with Crippen molar-refractivity contribution in [3.05, 3.63) is 0 Å². The van der Waals surface area contributed by atoms with Gasteiger partial charge >= 0.3 is 124 Å². The molecule has 1 nitrogen and oxygen atoms in total. The molecule has 0 spiro atoms. The van der Waals surface area contributed by atoms with Gasteiger partial charge in [0.25, 0.3) is 0 Å². The fourth-order valence-electron chi connectivity index (χ4n) is 2.69. The number of nitrogens with two attached hydrogens (primary N) is 1. The van der Waals surface area contributed by atoms with Gasteiger partial charge in [0.2, 0.25) is 0 Å². The Bertz CT molecular complexity index is 162. The summed E-state index contributed by atoms with van der Waals surface area (Å²) in [6.07, 6.45) is 13.4. The molecule has 0 amide bonds. The van der Waals surface area contributed by atoms with Crippen molar-refractivity contribution in [2.75, 3.05) is 0 Å². The summed E-state index contributed by atoms with van der Waals surface area (Å²) in [5.41, 5.74) is 6.84. The van der Waals surface area contributed by atoms with E-state index in [9.17, 15) is 0 Å². The second kappa shape index (κ2) is 12.6. The molecule has 0 saturated carbocycles. The average molecular weight is 312 g/mol. The molecule has 108 valence electrons. The molecular weight excluding hydrogens is 276 g/mol. The summed E-state index contributed by atoms with van der Waals surface area (Å²) in [6.45, 7) is 6.86. The number of rotatable bonds is 13. The molecule has 0 unspecified atom stereocenters. The Hall–Kier alpha value is 0.596. The summed E-state index contributed by atoms with van der Waals surface area (Å²) >= 11 is -0.236. The van der Waals surface area contributed by atoms with Gasteiger partial charge < -0.3 is 0 Å². The molecule has 0 fully saturated rings. The normalized spacial score (nSPS) is 11.8. The third-order valence-corrected chi connectivity index (χ3v) is 7.97. The molecule has 0 aromatic carbocycles. The van der Waals surface area contributed by atoms with E-state index in [-0.39, 0.29) is 22.9 Å². The van der Waals surface area contributed by atoms with Gasteiger partial charge in [0.05, 0.1) is 0 Å². The molecule has 0 heterocycles. The first-order chi connectivity index (χ1) is 8.68. The van der Waals surface area contributed by atoms with Crippen molar-refractivity contribution in [3.8, 4) is 0 Å². The molecule has 0 rings (SSSR count). The summed E-state index contributed by atoms with van der Waals surface area (Å²) in [5.74, 6) is 0. The Morgan fingerprint density at radius 2 is 1.28 bits per heavy atom. The summed E-state index contributed by atoms with van der Waals surface area (Å²) in [5, 5.41) is 0. The van der Waals surface area contributed by atoms with E-state index in [1.54, 1.807) is 4.98 Å². The van der Waals surface area contributed by atoms with Crippen LogP contribution in [-0.4, -0.2) is 22.9 Å². The second-order valence-corrected chi connectivity index (χ2v) is 10.5. The van der Waals surface area contributed by atoms with Crippen LogP contribution in [0, 0.1) is 0 Å². The first-order valence-electron chi connectivity index (χ1n) is 8.47. The molecule has 0 aliphatic carbocycles. The molecule has 0 saturated heterocycles. The van der Waals surface area contributed by atoms with Gasteiger partial charge in [0.1, 0.15) is 0 Å². The van der Waals surface area contributed by atoms with Crippen molar-refractivity contribution in [3.63, 3.8) is 0 Å². The van der Waals surface area contributed by atoms with Crippen LogP contribution in [0.5, 0.6) is 0 Å². The molecule has 0 aromatic rings. The van der Waals surface area contributed by atoms with Gasteiger partial charge in [-0.25, -0.2) is 0 Å². The van der Waals surface area contributed by atoms with E-state index in [1.165, 1.54) is 69.2 Å². The quantitative estimate of drug-likeness (QED) is 0.379. The van der Waals surface area contributed by atoms with Crippen molar-refractivity contribution in [1.29, 1.82) is 0 Å².